The molecule has 0 spiro atoms. The highest BCUT2D eigenvalue weighted by Crippen LogP contribution is 2.28. The number of nitrogens with zero attached hydrogens (tertiary/aromatic N) is 2. The van der Waals surface area contributed by atoms with Crippen molar-refractivity contribution in [1.29, 1.82) is 0 Å². The van der Waals surface area contributed by atoms with Gasteiger partial charge in [-0.3, -0.25) is 29.3 Å². The molecule has 1 aliphatic rings. The number of hydrogen-bond donors (Lipinski definition) is 0. The van der Waals surface area contributed by atoms with Gasteiger partial charge in [-0.2, -0.15) is 0 Å². The molecular formula is C28H34N2O8S2. The summed E-state index contributed by atoms with van der Waals surface area (Å²) in [6.45, 7) is 5.96. The molecule has 0 N–H and O–H groups in total. The number of amides is 1. The molecular weight excluding hydrogens is 556 g/mol. The normalized spacial score (nSPS) is 13.8. The molecule has 0 bridgehead atoms. The molecule has 40 heavy (non-hydrogen) atoms. The van der Waals surface area contributed by atoms with Gasteiger partial charge in [0.25, 0.3) is 10.9 Å². The second kappa shape index (κ2) is 15.4. The van der Waals surface area contributed by atoms with Crippen LogP contribution in [-0.4, -0.2) is 60.2 Å². The number of Topliss-reactive ketones (excluding diaryl/α,β-unsaturated/α-hetero) is 3. The molecule has 12 heteroatoms. The zero-order chi connectivity index (χ0) is 29.9. The van der Waals surface area contributed by atoms with Gasteiger partial charge in [0.15, 0.2) is 27.2 Å². The molecule has 1 aliphatic carbocycles. The van der Waals surface area contributed by atoms with Gasteiger partial charge < -0.3 is 4.90 Å². The molecule has 1 fully saturated rings. The Labute approximate surface area is 238 Å². The Morgan fingerprint density at radius 3 is 2.08 bits per heavy atom. The molecule has 0 heterocycles. The first-order valence-corrected chi connectivity index (χ1v) is 15.8. The molecule has 10 nitrogen and oxygen atoms in total. The molecule has 0 aliphatic heterocycles. The molecule has 0 saturated heterocycles. The van der Waals surface area contributed by atoms with E-state index in [4.69, 9.17) is 0 Å². The maximum atomic E-state index is 12.4. The predicted octanol–water partition coefficient (Wildman–Crippen LogP) is 5.28. The van der Waals surface area contributed by atoms with E-state index in [0.717, 1.165) is 56.1 Å². The maximum absolute atomic E-state index is 12.4. The van der Waals surface area contributed by atoms with Gasteiger partial charge in [-0.25, -0.2) is 8.42 Å². The Hall–Kier alpha value is -3.38. The first kappa shape index (κ1) is 32.8. The van der Waals surface area contributed by atoms with E-state index in [2.05, 4.69) is 26.0 Å². The van der Waals surface area contributed by atoms with Crippen LogP contribution >= 0.6 is 11.8 Å². The molecule has 0 radical (unpaired) electrons. The highest BCUT2D eigenvalue weighted by atomic mass is 32.2. The Kier molecular flexibility index (Phi) is 12.7. The van der Waals surface area contributed by atoms with Crippen LogP contribution in [0.3, 0.4) is 0 Å². The summed E-state index contributed by atoms with van der Waals surface area (Å²) < 4.78 is 23.0. The number of nitro benzene ring substituents is 1. The number of nitro groups is 1. The number of sulfone groups is 1. The molecule has 0 aromatic heterocycles. The molecule has 1 amide bonds. The van der Waals surface area contributed by atoms with E-state index in [1.807, 2.05) is 23.1 Å². The Bertz CT molecular complexity index is 1320. The smallest absolute Gasteiger partial charge is 0.281 e. The number of thioether (sulfide) groups is 1. The Morgan fingerprint density at radius 2 is 1.57 bits per heavy atom. The maximum Gasteiger partial charge on any atom is 0.281 e. The third kappa shape index (κ3) is 9.37. The van der Waals surface area contributed by atoms with Crippen LogP contribution in [0.2, 0.25) is 0 Å². The van der Waals surface area contributed by atoms with E-state index in [1.54, 1.807) is 0 Å². The summed E-state index contributed by atoms with van der Waals surface area (Å²) in [6.07, 6.45) is 3.42. The zero-order valence-corrected chi connectivity index (χ0v) is 24.5. The lowest BCUT2D eigenvalue weighted by atomic mass is 9.81. The van der Waals surface area contributed by atoms with Crippen LogP contribution < -0.4 is 0 Å². The van der Waals surface area contributed by atoms with Gasteiger partial charge in [0.05, 0.1) is 15.4 Å². The summed E-state index contributed by atoms with van der Waals surface area (Å²) in [4.78, 5) is 59.9. The van der Waals surface area contributed by atoms with Crippen LogP contribution in [0.4, 0.5) is 10.5 Å². The van der Waals surface area contributed by atoms with Gasteiger partial charge in [-0.1, -0.05) is 55.9 Å². The fourth-order valence-electron chi connectivity index (χ4n) is 4.10. The van der Waals surface area contributed by atoms with E-state index in [1.165, 1.54) is 17.3 Å². The third-order valence-electron chi connectivity index (χ3n) is 6.06. The minimum absolute atomic E-state index is 0.0668. The first-order chi connectivity index (χ1) is 18.9. The van der Waals surface area contributed by atoms with Crippen LogP contribution in [0.25, 0.3) is 0 Å². The third-order valence-corrected chi connectivity index (χ3v) is 8.16. The number of ketones is 3. The van der Waals surface area contributed by atoms with Crippen molar-refractivity contribution in [3.8, 4) is 0 Å². The van der Waals surface area contributed by atoms with E-state index in [-0.39, 0.29) is 23.0 Å². The SMILES string of the molecule is CCCN(CCC)C(=O)SCc1ccccc1.CS(=O)(=O)c1ccc(C(=O)C2C(=O)CCCC2=O)c([N+](=O)[O-])c1. The standard InChI is InChI=1S/C14H13NO7S.C14H21NOS/c1-23(21,22)8-5-6-9(10(7-8)15(19)20)14(18)13-11(16)3-2-4-12(13)17;1-3-10-15(11-4-2)14(16)17-12-13-8-6-5-7-9-13/h5-7,13H,2-4H2,1H3;5-9H,3-4,10-12H2,1-2H3. The van der Waals surface area contributed by atoms with Crippen molar-refractivity contribution in [3.63, 3.8) is 0 Å². The fraction of sp³-hybridized carbons (Fsp3) is 0.429. The average molecular weight is 591 g/mol. The zero-order valence-electron chi connectivity index (χ0n) is 22.8. The second-order valence-electron chi connectivity index (χ2n) is 9.32. The highest BCUT2D eigenvalue weighted by molar-refractivity contribution is 8.12. The molecule has 216 valence electrons. The number of rotatable bonds is 10. The van der Waals surface area contributed by atoms with Gasteiger partial charge in [0.2, 0.25) is 0 Å². The topological polar surface area (TPSA) is 149 Å². The van der Waals surface area contributed by atoms with Crippen LogP contribution in [0.1, 0.15) is 61.9 Å². The van der Waals surface area contributed by atoms with Crippen LogP contribution in [0.15, 0.2) is 53.4 Å². The van der Waals surface area contributed by atoms with Crippen molar-refractivity contribution in [1.82, 2.24) is 4.90 Å². The van der Waals surface area contributed by atoms with Gasteiger partial charge >= 0.3 is 0 Å². The Balaban J connectivity index is 0.000000294. The summed E-state index contributed by atoms with van der Waals surface area (Å²) in [5.74, 6) is -2.85. The lowest BCUT2D eigenvalue weighted by Gasteiger charge is -2.20. The Morgan fingerprint density at radius 1 is 1.00 bits per heavy atom. The minimum Gasteiger partial charge on any atom is -0.334 e. The van der Waals surface area contributed by atoms with Crippen molar-refractivity contribution in [2.75, 3.05) is 19.3 Å². The lowest BCUT2D eigenvalue weighted by Crippen LogP contribution is -2.35. The van der Waals surface area contributed by atoms with E-state index in [9.17, 15) is 37.7 Å². The summed E-state index contributed by atoms with van der Waals surface area (Å²) >= 11 is 1.40. The lowest BCUT2D eigenvalue weighted by molar-refractivity contribution is -0.385. The van der Waals surface area contributed by atoms with Crippen LogP contribution in [0, 0.1) is 16.0 Å². The first-order valence-electron chi connectivity index (χ1n) is 12.9. The molecule has 0 atom stereocenters. The molecule has 2 aromatic carbocycles. The van der Waals surface area contributed by atoms with E-state index in [0.29, 0.717) is 6.42 Å². The van der Waals surface area contributed by atoms with Gasteiger partial charge in [0, 0.05) is 44.0 Å². The second-order valence-corrected chi connectivity index (χ2v) is 12.3. The summed E-state index contributed by atoms with van der Waals surface area (Å²) in [5.41, 5.74) is 0.0406. The van der Waals surface area contributed by atoms with Gasteiger partial charge in [0.1, 0.15) is 5.92 Å². The van der Waals surface area contributed by atoms with E-state index < -0.39 is 49.3 Å². The summed E-state index contributed by atoms with van der Waals surface area (Å²) in [6, 6.07) is 12.9. The number of carbonyl (C=O) groups excluding carboxylic acids is 4. The molecule has 0 unspecified atom stereocenters. The predicted molar refractivity (Wildman–Crippen MR) is 153 cm³/mol. The van der Waals surface area contributed by atoms with Gasteiger partial charge in [-0.15, -0.1) is 0 Å². The highest BCUT2D eigenvalue weighted by Gasteiger charge is 2.39. The quantitative estimate of drug-likeness (QED) is 0.156. The van der Waals surface area contributed by atoms with E-state index >= 15 is 0 Å². The van der Waals surface area contributed by atoms with Crippen LogP contribution in [0.5, 0.6) is 0 Å². The number of benzene rings is 2. The van der Waals surface area contributed by atoms with Crippen molar-refractivity contribution in [2.24, 2.45) is 5.92 Å². The molecule has 2 aromatic rings. The number of hydrogen-bond acceptors (Lipinski definition) is 9. The van der Waals surface area contributed by atoms with Crippen LogP contribution in [-0.2, 0) is 25.2 Å². The van der Waals surface area contributed by atoms with Crippen molar-refractivity contribution in [3.05, 3.63) is 69.8 Å². The average Bonchev–Trinajstić information content (AvgIpc) is 2.91. The number of carbonyl (C=O) groups is 4. The largest absolute Gasteiger partial charge is 0.334 e. The molecule has 1 saturated carbocycles. The van der Waals surface area contributed by atoms with Crippen molar-refractivity contribution in [2.45, 2.75) is 56.6 Å². The molecule has 3 rings (SSSR count). The minimum atomic E-state index is -3.70. The summed E-state index contributed by atoms with van der Waals surface area (Å²) in [5, 5.41) is 11.3. The van der Waals surface area contributed by atoms with Crippen molar-refractivity contribution >= 4 is 49.9 Å². The monoisotopic (exact) mass is 590 g/mol. The fourth-order valence-corrected chi connectivity index (χ4v) is 5.59. The van der Waals surface area contributed by atoms with Crippen molar-refractivity contribution < 1.29 is 32.5 Å². The van der Waals surface area contributed by atoms with Gasteiger partial charge in [-0.05, 0) is 37.0 Å². The summed E-state index contributed by atoms with van der Waals surface area (Å²) in [7, 11) is -3.70.